The van der Waals surface area contributed by atoms with Gasteiger partial charge in [-0.2, -0.15) is 0 Å². The average molecular weight is 222 g/mol. The maximum absolute atomic E-state index is 11.9. The van der Waals surface area contributed by atoms with Crippen molar-refractivity contribution < 1.29 is 4.79 Å². The molecule has 1 aliphatic rings. The van der Waals surface area contributed by atoms with Gasteiger partial charge in [-0.05, 0) is 25.2 Å². The SMILES string of the molecule is C#CCCCCC(=O)N1CC(C)CC(N)C1. The van der Waals surface area contributed by atoms with E-state index in [9.17, 15) is 4.79 Å². The van der Waals surface area contributed by atoms with Gasteiger partial charge in [0.1, 0.15) is 0 Å². The lowest BCUT2D eigenvalue weighted by Gasteiger charge is -2.34. The number of nitrogens with two attached hydrogens (primary N) is 1. The average Bonchev–Trinajstić information content (AvgIpc) is 2.22. The van der Waals surface area contributed by atoms with Crippen molar-refractivity contribution in [1.29, 1.82) is 0 Å². The Balaban J connectivity index is 2.27. The predicted octanol–water partition coefficient (Wildman–Crippen LogP) is 1.38. The minimum absolute atomic E-state index is 0.151. The second-order valence-electron chi connectivity index (χ2n) is 4.81. The van der Waals surface area contributed by atoms with Crippen LogP contribution in [0.5, 0.6) is 0 Å². The summed E-state index contributed by atoms with van der Waals surface area (Å²) in [6, 6.07) is 0.151. The molecule has 0 radical (unpaired) electrons. The number of amides is 1. The van der Waals surface area contributed by atoms with Crippen LogP contribution in [0, 0.1) is 18.3 Å². The number of carbonyl (C=O) groups is 1. The third-order valence-corrected chi connectivity index (χ3v) is 3.01. The summed E-state index contributed by atoms with van der Waals surface area (Å²) in [4.78, 5) is 13.8. The van der Waals surface area contributed by atoms with Crippen LogP contribution in [0.4, 0.5) is 0 Å². The molecule has 0 saturated carbocycles. The van der Waals surface area contributed by atoms with Gasteiger partial charge in [-0.15, -0.1) is 12.3 Å². The molecular formula is C13H22N2O. The van der Waals surface area contributed by atoms with E-state index in [1.54, 1.807) is 0 Å². The van der Waals surface area contributed by atoms with Crippen LogP contribution in [-0.2, 0) is 4.79 Å². The summed E-state index contributed by atoms with van der Waals surface area (Å²) >= 11 is 0. The van der Waals surface area contributed by atoms with Gasteiger partial charge in [-0.1, -0.05) is 6.92 Å². The Morgan fingerprint density at radius 1 is 1.50 bits per heavy atom. The molecule has 90 valence electrons. The summed E-state index contributed by atoms with van der Waals surface area (Å²) in [6.07, 6.45) is 9.40. The lowest BCUT2D eigenvalue weighted by molar-refractivity contribution is -0.133. The molecular weight excluding hydrogens is 200 g/mol. The van der Waals surface area contributed by atoms with Crippen molar-refractivity contribution in [3.63, 3.8) is 0 Å². The molecule has 1 rings (SSSR count). The zero-order valence-corrected chi connectivity index (χ0v) is 10.1. The van der Waals surface area contributed by atoms with Crippen molar-refractivity contribution in [2.75, 3.05) is 13.1 Å². The van der Waals surface area contributed by atoms with Gasteiger partial charge in [0.15, 0.2) is 0 Å². The quantitative estimate of drug-likeness (QED) is 0.577. The highest BCUT2D eigenvalue weighted by Crippen LogP contribution is 2.16. The summed E-state index contributed by atoms with van der Waals surface area (Å²) in [5, 5.41) is 0. The normalized spacial score (nSPS) is 25.2. The van der Waals surface area contributed by atoms with E-state index in [4.69, 9.17) is 12.2 Å². The van der Waals surface area contributed by atoms with Crippen LogP contribution in [0.15, 0.2) is 0 Å². The summed E-state index contributed by atoms with van der Waals surface area (Å²) in [5.74, 6) is 3.35. The van der Waals surface area contributed by atoms with E-state index < -0.39 is 0 Å². The second-order valence-corrected chi connectivity index (χ2v) is 4.81. The number of terminal acetylenes is 1. The number of likely N-dealkylation sites (tertiary alicyclic amines) is 1. The van der Waals surface area contributed by atoms with Gasteiger partial charge >= 0.3 is 0 Å². The topological polar surface area (TPSA) is 46.3 Å². The van der Waals surface area contributed by atoms with Crippen LogP contribution in [-0.4, -0.2) is 29.9 Å². The maximum atomic E-state index is 11.9. The zero-order valence-electron chi connectivity index (χ0n) is 10.1. The predicted molar refractivity (Wildman–Crippen MR) is 65.6 cm³/mol. The number of rotatable bonds is 4. The number of piperidine rings is 1. The molecule has 0 aliphatic carbocycles. The summed E-state index contributed by atoms with van der Waals surface area (Å²) in [5.41, 5.74) is 5.91. The molecule has 0 spiro atoms. The zero-order chi connectivity index (χ0) is 12.0. The van der Waals surface area contributed by atoms with Crippen molar-refractivity contribution in [3.05, 3.63) is 0 Å². The Bertz CT molecular complexity index is 260. The molecule has 0 aromatic carbocycles. The fraction of sp³-hybridized carbons (Fsp3) is 0.769. The number of hydrogen-bond acceptors (Lipinski definition) is 2. The van der Waals surface area contributed by atoms with Crippen LogP contribution in [0.2, 0.25) is 0 Å². The molecule has 1 heterocycles. The van der Waals surface area contributed by atoms with Crippen molar-refractivity contribution in [2.45, 2.75) is 45.1 Å². The smallest absolute Gasteiger partial charge is 0.222 e. The molecule has 3 heteroatoms. The molecule has 1 fully saturated rings. The van der Waals surface area contributed by atoms with Gasteiger partial charge in [0, 0.05) is 32.0 Å². The monoisotopic (exact) mass is 222 g/mol. The van der Waals surface area contributed by atoms with Crippen LogP contribution in [0.25, 0.3) is 0 Å². The second kappa shape index (κ2) is 6.55. The van der Waals surface area contributed by atoms with Gasteiger partial charge in [-0.3, -0.25) is 4.79 Å². The molecule has 2 atom stereocenters. The van der Waals surface area contributed by atoms with Gasteiger partial charge in [0.25, 0.3) is 0 Å². The van der Waals surface area contributed by atoms with E-state index >= 15 is 0 Å². The lowest BCUT2D eigenvalue weighted by Crippen LogP contribution is -2.48. The molecule has 1 aliphatic heterocycles. The number of hydrogen-bond donors (Lipinski definition) is 1. The molecule has 16 heavy (non-hydrogen) atoms. The third-order valence-electron chi connectivity index (χ3n) is 3.01. The first-order valence-electron chi connectivity index (χ1n) is 6.10. The Morgan fingerprint density at radius 3 is 2.88 bits per heavy atom. The van der Waals surface area contributed by atoms with Gasteiger partial charge in [0.05, 0.1) is 0 Å². The summed E-state index contributed by atoms with van der Waals surface area (Å²) in [6.45, 7) is 3.73. The highest BCUT2D eigenvalue weighted by atomic mass is 16.2. The molecule has 3 nitrogen and oxygen atoms in total. The molecule has 0 aromatic heterocycles. The van der Waals surface area contributed by atoms with E-state index in [1.807, 2.05) is 4.90 Å². The number of nitrogens with zero attached hydrogens (tertiary/aromatic N) is 1. The van der Waals surface area contributed by atoms with Crippen LogP contribution >= 0.6 is 0 Å². The fourth-order valence-corrected chi connectivity index (χ4v) is 2.26. The Morgan fingerprint density at radius 2 is 2.25 bits per heavy atom. The van der Waals surface area contributed by atoms with Crippen molar-refractivity contribution in [3.8, 4) is 12.3 Å². The lowest BCUT2D eigenvalue weighted by atomic mass is 9.96. The van der Waals surface area contributed by atoms with E-state index in [0.717, 1.165) is 38.8 Å². The fourth-order valence-electron chi connectivity index (χ4n) is 2.26. The summed E-state index contributed by atoms with van der Waals surface area (Å²) < 4.78 is 0. The van der Waals surface area contributed by atoms with E-state index in [2.05, 4.69) is 12.8 Å². The number of unbranched alkanes of at least 4 members (excludes halogenated alkanes) is 2. The highest BCUT2D eigenvalue weighted by Gasteiger charge is 2.24. The first kappa shape index (κ1) is 13.1. The standard InChI is InChI=1S/C13H22N2O/c1-3-4-5-6-7-13(16)15-9-11(2)8-12(14)10-15/h1,11-12H,4-10,14H2,2H3. The van der Waals surface area contributed by atoms with Gasteiger partial charge < -0.3 is 10.6 Å². The minimum Gasteiger partial charge on any atom is -0.341 e. The molecule has 2 N–H and O–H groups in total. The van der Waals surface area contributed by atoms with Crippen molar-refractivity contribution in [2.24, 2.45) is 11.7 Å². The largest absolute Gasteiger partial charge is 0.341 e. The third kappa shape index (κ3) is 4.24. The van der Waals surface area contributed by atoms with Crippen LogP contribution in [0.3, 0.4) is 0 Å². The molecule has 2 unspecified atom stereocenters. The molecule has 0 aromatic rings. The van der Waals surface area contributed by atoms with E-state index in [0.29, 0.717) is 12.3 Å². The van der Waals surface area contributed by atoms with Crippen LogP contribution < -0.4 is 5.73 Å². The van der Waals surface area contributed by atoms with Crippen molar-refractivity contribution >= 4 is 5.91 Å². The highest BCUT2D eigenvalue weighted by molar-refractivity contribution is 5.76. The van der Waals surface area contributed by atoms with Crippen molar-refractivity contribution in [1.82, 2.24) is 4.90 Å². The van der Waals surface area contributed by atoms with E-state index in [-0.39, 0.29) is 11.9 Å². The Hall–Kier alpha value is -1.01. The van der Waals surface area contributed by atoms with Gasteiger partial charge in [0.2, 0.25) is 5.91 Å². The maximum Gasteiger partial charge on any atom is 0.222 e. The Kier molecular flexibility index (Phi) is 5.34. The Labute approximate surface area is 98.4 Å². The van der Waals surface area contributed by atoms with Crippen LogP contribution in [0.1, 0.15) is 39.0 Å². The van der Waals surface area contributed by atoms with Gasteiger partial charge in [-0.25, -0.2) is 0 Å². The first-order chi connectivity index (χ1) is 7.63. The summed E-state index contributed by atoms with van der Waals surface area (Å²) in [7, 11) is 0. The molecule has 1 amide bonds. The number of carbonyl (C=O) groups excluding carboxylic acids is 1. The molecule has 0 bridgehead atoms. The first-order valence-corrected chi connectivity index (χ1v) is 6.10. The molecule has 1 saturated heterocycles. The van der Waals surface area contributed by atoms with E-state index in [1.165, 1.54) is 0 Å². The minimum atomic E-state index is 0.151.